The van der Waals surface area contributed by atoms with Crippen LogP contribution in [-0.4, -0.2) is 10.1 Å². The molecule has 2 nitrogen and oxygen atoms in total. The van der Waals surface area contributed by atoms with Crippen LogP contribution in [-0.2, 0) is 0 Å². The van der Waals surface area contributed by atoms with Crippen molar-refractivity contribution in [3.63, 3.8) is 0 Å². The van der Waals surface area contributed by atoms with E-state index in [1.165, 1.54) is 14.8 Å². The number of aromatic nitrogens is 1. The molecule has 0 bridgehead atoms. The molecule has 0 saturated carbocycles. The Labute approximate surface area is 107 Å². The van der Waals surface area contributed by atoms with Crippen LogP contribution < -0.4 is 0 Å². The Hall–Kier alpha value is -2.13. The zero-order valence-corrected chi connectivity index (χ0v) is 10.2. The molecule has 2 aromatic carbocycles. The van der Waals surface area contributed by atoms with Crippen LogP contribution >= 0.6 is 11.3 Å². The number of hydrogen-bond donors (Lipinski definition) is 1. The summed E-state index contributed by atoms with van der Waals surface area (Å²) in [6.45, 7) is 0. The number of aromatic hydroxyl groups is 1. The van der Waals surface area contributed by atoms with Crippen molar-refractivity contribution in [2.75, 3.05) is 0 Å². The average Bonchev–Trinajstić information content (AvgIpc) is 2.77. The highest BCUT2D eigenvalue weighted by Gasteiger charge is 2.09. The third kappa shape index (κ3) is 1.25. The Morgan fingerprint density at radius 3 is 2.83 bits per heavy atom. The predicted molar refractivity (Wildman–Crippen MR) is 76.3 cm³/mol. The molecule has 0 fully saturated rings. The fraction of sp³-hybridized carbons (Fsp3) is 0. The van der Waals surface area contributed by atoms with Gasteiger partial charge in [0.05, 0.1) is 10.2 Å². The molecule has 0 amide bonds. The van der Waals surface area contributed by atoms with E-state index in [1.54, 1.807) is 23.5 Å². The maximum Gasteiger partial charge on any atom is 0.116 e. The van der Waals surface area contributed by atoms with Crippen LogP contribution in [0.1, 0.15) is 0 Å². The van der Waals surface area contributed by atoms with Gasteiger partial charge in [-0.1, -0.05) is 18.2 Å². The highest BCUT2D eigenvalue weighted by molar-refractivity contribution is 7.26. The SMILES string of the molecule is Oc1ccc2c(cnc3c4ccccc4sc23)c1. The number of benzene rings is 2. The summed E-state index contributed by atoms with van der Waals surface area (Å²) in [4.78, 5) is 4.54. The van der Waals surface area contributed by atoms with Crippen molar-refractivity contribution in [1.29, 1.82) is 0 Å². The lowest BCUT2D eigenvalue weighted by atomic mass is 10.1. The second-order valence-electron chi connectivity index (χ2n) is 4.31. The van der Waals surface area contributed by atoms with Gasteiger partial charge in [-0.15, -0.1) is 11.3 Å². The van der Waals surface area contributed by atoms with E-state index in [0.29, 0.717) is 0 Å². The minimum absolute atomic E-state index is 0.282. The summed E-state index contributed by atoms with van der Waals surface area (Å²) in [6.07, 6.45) is 1.83. The van der Waals surface area contributed by atoms with Gasteiger partial charge in [-0.3, -0.25) is 4.98 Å². The van der Waals surface area contributed by atoms with Gasteiger partial charge in [-0.25, -0.2) is 0 Å². The first-order valence-corrected chi connectivity index (χ1v) is 6.53. The zero-order chi connectivity index (χ0) is 12.1. The van der Waals surface area contributed by atoms with Crippen molar-refractivity contribution in [2.24, 2.45) is 0 Å². The maximum atomic E-state index is 9.52. The van der Waals surface area contributed by atoms with E-state index in [9.17, 15) is 5.11 Å². The Bertz CT molecular complexity index is 895. The third-order valence-electron chi connectivity index (χ3n) is 3.18. The van der Waals surface area contributed by atoms with Crippen LogP contribution in [0.15, 0.2) is 48.7 Å². The van der Waals surface area contributed by atoms with Crippen molar-refractivity contribution >= 4 is 42.4 Å². The number of fused-ring (bicyclic) bond motifs is 5. The Balaban J connectivity index is 2.28. The number of hydrogen-bond acceptors (Lipinski definition) is 3. The van der Waals surface area contributed by atoms with Gasteiger partial charge in [0.25, 0.3) is 0 Å². The monoisotopic (exact) mass is 251 g/mol. The van der Waals surface area contributed by atoms with Crippen LogP contribution in [0.2, 0.25) is 0 Å². The second-order valence-corrected chi connectivity index (χ2v) is 5.36. The summed E-state index contributed by atoms with van der Waals surface area (Å²) in [5.41, 5.74) is 1.05. The van der Waals surface area contributed by atoms with Gasteiger partial charge in [-0.2, -0.15) is 0 Å². The molecule has 4 rings (SSSR count). The number of phenols is 1. The normalized spacial score (nSPS) is 11.6. The summed E-state index contributed by atoms with van der Waals surface area (Å²) < 4.78 is 2.44. The van der Waals surface area contributed by atoms with Gasteiger partial charge in [0, 0.05) is 27.1 Å². The summed E-state index contributed by atoms with van der Waals surface area (Å²) >= 11 is 1.75. The molecule has 0 spiro atoms. The van der Waals surface area contributed by atoms with E-state index in [4.69, 9.17) is 0 Å². The van der Waals surface area contributed by atoms with E-state index in [0.717, 1.165) is 16.3 Å². The molecule has 0 radical (unpaired) electrons. The first-order chi connectivity index (χ1) is 8.83. The first-order valence-electron chi connectivity index (χ1n) is 5.72. The molecule has 3 heteroatoms. The first kappa shape index (κ1) is 9.85. The highest BCUT2D eigenvalue weighted by atomic mass is 32.1. The fourth-order valence-electron chi connectivity index (χ4n) is 2.34. The van der Waals surface area contributed by atoms with Crippen molar-refractivity contribution in [1.82, 2.24) is 4.98 Å². The van der Waals surface area contributed by atoms with E-state index in [-0.39, 0.29) is 5.75 Å². The van der Waals surface area contributed by atoms with Crippen molar-refractivity contribution in [3.8, 4) is 5.75 Å². The highest BCUT2D eigenvalue weighted by Crippen LogP contribution is 2.37. The van der Waals surface area contributed by atoms with Crippen molar-refractivity contribution in [2.45, 2.75) is 0 Å². The van der Waals surface area contributed by atoms with Gasteiger partial charge in [0.15, 0.2) is 0 Å². The van der Waals surface area contributed by atoms with Gasteiger partial charge >= 0.3 is 0 Å². The van der Waals surface area contributed by atoms with E-state index in [1.807, 2.05) is 24.4 Å². The van der Waals surface area contributed by atoms with Crippen molar-refractivity contribution < 1.29 is 5.11 Å². The molecule has 4 aromatic rings. The minimum atomic E-state index is 0.282. The van der Waals surface area contributed by atoms with Gasteiger partial charge in [-0.05, 0) is 24.3 Å². The van der Waals surface area contributed by atoms with Crippen LogP contribution in [0.25, 0.3) is 31.1 Å². The summed E-state index contributed by atoms with van der Waals surface area (Å²) in [6, 6.07) is 13.8. The maximum absolute atomic E-state index is 9.52. The standard InChI is InChI=1S/C15H9NOS/c17-10-5-6-11-9(7-10)8-16-14-12-3-1-2-4-13(12)18-15(11)14/h1-8,17H. The number of nitrogens with zero attached hydrogens (tertiary/aromatic N) is 1. The predicted octanol–water partition coefficient (Wildman–Crippen LogP) is 4.31. The van der Waals surface area contributed by atoms with Gasteiger partial charge in [0.1, 0.15) is 5.75 Å². The molecule has 86 valence electrons. The summed E-state index contributed by atoms with van der Waals surface area (Å²) in [7, 11) is 0. The van der Waals surface area contributed by atoms with E-state index < -0.39 is 0 Å². The zero-order valence-electron chi connectivity index (χ0n) is 9.42. The van der Waals surface area contributed by atoms with Gasteiger partial charge in [0.2, 0.25) is 0 Å². The molecule has 0 aliphatic heterocycles. The minimum Gasteiger partial charge on any atom is -0.508 e. The van der Waals surface area contributed by atoms with E-state index >= 15 is 0 Å². The smallest absolute Gasteiger partial charge is 0.116 e. The quantitative estimate of drug-likeness (QED) is 0.505. The average molecular weight is 251 g/mol. The van der Waals surface area contributed by atoms with Gasteiger partial charge < -0.3 is 5.11 Å². The molecule has 0 saturated heterocycles. The van der Waals surface area contributed by atoms with E-state index in [2.05, 4.69) is 17.1 Å². The molecule has 0 atom stereocenters. The van der Waals surface area contributed by atoms with Crippen LogP contribution in [0.3, 0.4) is 0 Å². The number of phenolic OH excluding ortho intramolecular Hbond substituents is 1. The molecule has 0 aliphatic rings. The molecular formula is C15H9NOS. The molecular weight excluding hydrogens is 242 g/mol. The number of thiophene rings is 1. The lowest BCUT2D eigenvalue weighted by Crippen LogP contribution is -1.77. The van der Waals surface area contributed by atoms with Crippen LogP contribution in [0, 0.1) is 0 Å². The topological polar surface area (TPSA) is 33.1 Å². The Morgan fingerprint density at radius 1 is 1.00 bits per heavy atom. The largest absolute Gasteiger partial charge is 0.508 e. The molecule has 2 aromatic heterocycles. The molecule has 0 unspecified atom stereocenters. The molecule has 1 N–H and O–H groups in total. The Kier molecular flexibility index (Phi) is 1.88. The Morgan fingerprint density at radius 2 is 1.89 bits per heavy atom. The molecule has 0 aliphatic carbocycles. The van der Waals surface area contributed by atoms with Crippen LogP contribution in [0.5, 0.6) is 5.75 Å². The second kappa shape index (κ2) is 3.43. The molecule has 2 heterocycles. The fourth-order valence-corrected chi connectivity index (χ4v) is 3.54. The van der Waals surface area contributed by atoms with Crippen molar-refractivity contribution in [3.05, 3.63) is 48.7 Å². The lowest BCUT2D eigenvalue weighted by Gasteiger charge is -1.99. The number of rotatable bonds is 0. The third-order valence-corrected chi connectivity index (χ3v) is 4.38. The molecule has 18 heavy (non-hydrogen) atoms. The lowest BCUT2D eigenvalue weighted by molar-refractivity contribution is 0.476. The summed E-state index contributed by atoms with van der Waals surface area (Å²) in [5, 5.41) is 12.9. The number of pyridine rings is 1. The van der Waals surface area contributed by atoms with Crippen LogP contribution in [0.4, 0.5) is 0 Å². The summed E-state index contributed by atoms with van der Waals surface area (Å²) in [5.74, 6) is 0.282.